The van der Waals surface area contributed by atoms with E-state index in [0.29, 0.717) is 5.75 Å². The van der Waals surface area contributed by atoms with E-state index in [0.717, 1.165) is 31.7 Å². The van der Waals surface area contributed by atoms with Crippen molar-refractivity contribution in [3.8, 4) is 5.75 Å². The second kappa shape index (κ2) is 8.39. The molecular formula is C19H28Cl2N2O. The quantitative estimate of drug-likeness (QED) is 0.822. The molecule has 1 saturated heterocycles. The number of piperazine rings is 1. The number of hydrogen-bond acceptors (Lipinski definition) is 3. The largest absolute Gasteiger partial charge is 0.508 e. The number of aromatic hydroxyl groups is 1. The molecule has 0 radical (unpaired) electrons. The van der Waals surface area contributed by atoms with Crippen LogP contribution in [0, 0.1) is 5.41 Å². The first-order valence-corrected chi connectivity index (χ1v) is 8.14. The number of fused-ring (bicyclic) bond motifs is 1. The standard InChI is InChI=1S/C19H26N2O.2ClH/c1-19(2,3)18(21-12-10-20-11-13-21)17-15-7-5-4-6-14(15)8-9-16(17)22;;/h4-9,18,20,22H,10-13H2,1-3H3;2*1H/t18-;;/m0../s1. The van der Waals surface area contributed by atoms with Crippen molar-refractivity contribution in [3.63, 3.8) is 0 Å². The molecule has 0 saturated carbocycles. The topological polar surface area (TPSA) is 35.5 Å². The average molecular weight is 371 g/mol. The van der Waals surface area contributed by atoms with Crippen LogP contribution in [0.5, 0.6) is 5.75 Å². The van der Waals surface area contributed by atoms with E-state index in [1.165, 1.54) is 10.8 Å². The molecule has 0 aromatic heterocycles. The molecule has 0 unspecified atom stereocenters. The summed E-state index contributed by atoms with van der Waals surface area (Å²) in [6, 6.07) is 12.4. The van der Waals surface area contributed by atoms with Gasteiger partial charge < -0.3 is 10.4 Å². The van der Waals surface area contributed by atoms with E-state index in [1.807, 2.05) is 12.1 Å². The van der Waals surface area contributed by atoms with Crippen LogP contribution in [0.25, 0.3) is 10.8 Å². The molecular weight excluding hydrogens is 343 g/mol. The van der Waals surface area contributed by atoms with Crippen molar-refractivity contribution in [1.29, 1.82) is 0 Å². The van der Waals surface area contributed by atoms with E-state index in [9.17, 15) is 5.11 Å². The average Bonchev–Trinajstić information content (AvgIpc) is 2.50. The molecule has 1 heterocycles. The first-order valence-electron chi connectivity index (χ1n) is 8.14. The smallest absolute Gasteiger partial charge is 0.121 e. The van der Waals surface area contributed by atoms with E-state index in [2.05, 4.69) is 55.3 Å². The number of nitrogens with one attached hydrogen (secondary N) is 1. The van der Waals surface area contributed by atoms with E-state index in [-0.39, 0.29) is 36.3 Å². The number of halogens is 2. The molecule has 2 N–H and O–H groups in total. The minimum absolute atomic E-state index is 0. The number of hydrogen-bond donors (Lipinski definition) is 2. The molecule has 5 heteroatoms. The molecule has 1 aliphatic heterocycles. The van der Waals surface area contributed by atoms with Crippen LogP contribution in [0.3, 0.4) is 0 Å². The minimum atomic E-state index is 0. The molecule has 1 fully saturated rings. The maximum absolute atomic E-state index is 10.6. The summed E-state index contributed by atoms with van der Waals surface area (Å²) in [7, 11) is 0. The molecule has 0 aliphatic carbocycles. The first kappa shape index (κ1) is 21.0. The normalized spacial score (nSPS) is 17.0. The summed E-state index contributed by atoms with van der Waals surface area (Å²) in [5.74, 6) is 0.414. The second-order valence-corrected chi connectivity index (χ2v) is 7.27. The Bertz CT molecular complexity index is 664. The van der Waals surface area contributed by atoms with E-state index in [4.69, 9.17) is 0 Å². The van der Waals surface area contributed by atoms with Gasteiger partial charge in [-0.2, -0.15) is 0 Å². The highest BCUT2D eigenvalue weighted by atomic mass is 35.5. The number of nitrogens with zero attached hydrogens (tertiary/aromatic N) is 1. The van der Waals surface area contributed by atoms with Crippen LogP contribution in [0.4, 0.5) is 0 Å². The van der Waals surface area contributed by atoms with E-state index in [1.54, 1.807) is 0 Å². The molecule has 134 valence electrons. The van der Waals surface area contributed by atoms with Crippen molar-refractivity contribution in [2.45, 2.75) is 26.8 Å². The maximum atomic E-state index is 10.6. The monoisotopic (exact) mass is 370 g/mol. The summed E-state index contributed by atoms with van der Waals surface area (Å²) >= 11 is 0. The van der Waals surface area contributed by atoms with Gasteiger partial charge in [-0.1, -0.05) is 51.1 Å². The SMILES string of the molecule is CC(C)(C)[C@H](c1c(O)ccc2ccccc12)N1CCNCC1.Cl.Cl. The third-order valence-corrected chi connectivity index (χ3v) is 4.56. The fraction of sp³-hybridized carbons (Fsp3) is 0.474. The zero-order valence-corrected chi connectivity index (χ0v) is 16.2. The van der Waals surface area contributed by atoms with Gasteiger partial charge >= 0.3 is 0 Å². The van der Waals surface area contributed by atoms with Crippen LogP contribution in [-0.4, -0.2) is 36.2 Å². The van der Waals surface area contributed by atoms with Gasteiger partial charge in [0.05, 0.1) is 0 Å². The van der Waals surface area contributed by atoms with Crippen LogP contribution in [0.15, 0.2) is 36.4 Å². The first-order chi connectivity index (χ1) is 10.5. The minimum Gasteiger partial charge on any atom is -0.508 e. The van der Waals surface area contributed by atoms with Crippen molar-refractivity contribution >= 4 is 35.6 Å². The molecule has 24 heavy (non-hydrogen) atoms. The molecule has 3 rings (SSSR count). The number of phenolic OH excluding ortho intramolecular Hbond substituents is 1. The third kappa shape index (κ3) is 4.15. The highest BCUT2D eigenvalue weighted by Gasteiger charge is 2.35. The Labute approximate surface area is 157 Å². The third-order valence-electron chi connectivity index (χ3n) is 4.56. The summed E-state index contributed by atoms with van der Waals surface area (Å²) in [6.07, 6.45) is 0. The lowest BCUT2D eigenvalue weighted by Crippen LogP contribution is -2.48. The fourth-order valence-corrected chi connectivity index (χ4v) is 3.68. The van der Waals surface area contributed by atoms with Gasteiger partial charge in [-0.05, 0) is 22.3 Å². The fourth-order valence-electron chi connectivity index (χ4n) is 3.68. The van der Waals surface area contributed by atoms with Gasteiger partial charge in [0.25, 0.3) is 0 Å². The lowest BCUT2D eigenvalue weighted by Gasteiger charge is -2.43. The van der Waals surface area contributed by atoms with E-state index < -0.39 is 0 Å². The van der Waals surface area contributed by atoms with Crippen LogP contribution in [0.2, 0.25) is 0 Å². The predicted octanol–water partition coefficient (Wildman–Crippen LogP) is 4.38. The summed E-state index contributed by atoms with van der Waals surface area (Å²) in [6.45, 7) is 10.9. The van der Waals surface area contributed by atoms with Crippen LogP contribution in [-0.2, 0) is 0 Å². The molecule has 0 bridgehead atoms. The summed E-state index contributed by atoms with van der Waals surface area (Å²) in [5.41, 5.74) is 1.13. The lowest BCUT2D eigenvalue weighted by molar-refractivity contribution is 0.0853. The van der Waals surface area contributed by atoms with Gasteiger partial charge in [0.15, 0.2) is 0 Å². The van der Waals surface area contributed by atoms with Gasteiger partial charge in [-0.15, -0.1) is 24.8 Å². The summed E-state index contributed by atoms with van der Waals surface area (Å²) in [4.78, 5) is 2.51. The zero-order chi connectivity index (χ0) is 15.7. The van der Waals surface area contributed by atoms with Gasteiger partial charge in [0.1, 0.15) is 5.75 Å². The van der Waals surface area contributed by atoms with Gasteiger partial charge in [0.2, 0.25) is 0 Å². The lowest BCUT2D eigenvalue weighted by atomic mass is 9.79. The number of phenols is 1. The van der Waals surface area contributed by atoms with Crippen LogP contribution in [0.1, 0.15) is 32.4 Å². The summed E-state index contributed by atoms with van der Waals surface area (Å²) < 4.78 is 0. The zero-order valence-electron chi connectivity index (χ0n) is 14.6. The number of benzene rings is 2. The Morgan fingerprint density at radius 2 is 1.62 bits per heavy atom. The van der Waals surface area contributed by atoms with Gasteiger partial charge in [-0.3, -0.25) is 4.90 Å². The van der Waals surface area contributed by atoms with Crippen molar-refractivity contribution in [2.75, 3.05) is 26.2 Å². The predicted molar refractivity (Wildman–Crippen MR) is 107 cm³/mol. The summed E-state index contributed by atoms with van der Waals surface area (Å²) in [5, 5.41) is 16.4. The van der Waals surface area contributed by atoms with Gasteiger partial charge in [0, 0.05) is 37.8 Å². The molecule has 0 spiro atoms. The molecule has 1 atom stereocenters. The van der Waals surface area contributed by atoms with Crippen molar-refractivity contribution in [1.82, 2.24) is 10.2 Å². The van der Waals surface area contributed by atoms with Gasteiger partial charge in [-0.25, -0.2) is 0 Å². The molecule has 1 aliphatic rings. The Hall–Kier alpha value is -1.00. The Balaban J connectivity index is 0.00000144. The molecule has 2 aromatic rings. The maximum Gasteiger partial charge on any atom is 0.121 e. The number of rotatable bonds is 2. The highest BCUT2D eigenvalue weighted by molar-refractivity contribution is 5.88. The van der Waals surface area contributed by atoms with Crippen LogP contribution < -0.4 is 5.32 Å². The van der Waals surface area contributed by atoms with Crippen LogP contribution >= 0.6 is 24.8 Å². The Morgan fingerprint density at radius 3 is 2.25 bits per heavy atom. The Morgan fingerprint density at radius 1 is 1.00 bits per heavy atom. The van der Waals surface area contributed by atoms with E-state index >= 15 is 0 Å². The van der Waals surface area contributed by atoms with Crippen molar-refractivity contribution < 1.29 is 5.11 Å². The Kier molecular flexibility index (Phi) is 7.36. The highest BCUT2D eigenvalue weighted by Crippen LogP contribution is 2.44. The molecule has 0 amide bonds. The van der Waals surface area contributed by atoms with Crippen molar-refractivity contribution in [3.05, 3.63) is 42.0 Å². The molecule has 3 nitrogen and oxygen atoms in total. The molecule has 2 aromatic carbocycles. The second-order valence-electron chi connectivity index (χ2n) is 7.27. The van der Waals surface area contributed by atoms with Crippen molar-refractivity contribution in [2.24, 2.45) is 5.41 Å².